The molecule has 0 unspecified atom stereocenters. The van der Waals surface area contributed by atoms with E-state index in [9.17, 15) is 23.8 Å². The number of phenolic OH excluding ortho intramolecular Hbond substituents is 2. The summed E-state index contributed by atoms with van der Waals surface area (Å²) in [7, 11) is 0. The summed E-state index contributed by atoms with van der Waals surface area (Å²) >= 11 is 2.91. The van der Waals surface area contributed by atoms with Gasteiger partial charge in [0.25, 0.3) is 5.91 Å². The van der Waals surface area contributed by atoms with E-state index in [1.807, 2.05) is 5.32 Å². The topological polar surface area (TPSA) is 69.6 Å². The molecule has 0 aromatic heterocycles. The smallest absolute Gasteiger partial charge is 0.259 e. The summed E-state index contributed by atoms with van der Waals surface area (Å²) in [5.41, 5.74) is -0.937. The van der Waals surface area contributed by atoms with E-state index in [1.54, 1.807) is 0 Å². The van der Waals surface area contributed by atoms with E-state index < -0.39 is 29.0 Å². The Hall–Kier alpha value is -2.15. The van der Waals surface area contributed by atoms with Crippen molar-refractivity contribution < 1.29 is 23.8 Å². The maximum atomic E-state index is 13.6. The summed E-state index contributed by atoms with van der Waals surface area (Å²) in [6.07, 6.45) is 0. The van der Waals surface area contributed by atoms with Gasteiger partial charge in [0.2, 0.25) is 0 Å². The van der Waals surface area contributed by atoms with Gasteiger partial charge in [0.1, 0.15) is 17.2 Å². The number of anilines is 1. The van der Waals surface area contributed by atoms with Crippen molar-refractivity contribution in [3.63, 3.8) is 0 Å². The highest BCUT2D eigenvalue weighted by Gasteiger charge is 2.17. The van der Waals surface area contributed by atoms with E-state index in [2.05, 4.69) is 15.9 Å². The standard InChI is InChI=1S/C13H8BrF2NO3/c14-6-3-9(15)12(10(16)4-6)17-13(20)8-5-7(18)1-2-11(8)19/h1-5,18-19H,(H,17,20). The Kier molecular flexibility index (Phi) is 3.89. The van der Waals surface area contributed by atoms with Crippen LogP contribution in [0.15, 0.2) is 34.8 Å². The number of amides is 1. The molecule has 4 nitrogen and oxygen atoms in total. The van der Waals surface area contributed by atoms with Crippen LogP contribution in [-0.2, 0) is 0 Å². The SMILES string of the molecule is O=C(Nc1c(F)cc(Br)cc1F)c1cc(O)ccc1O. The van der Waals surface area contributed by atoms with Crippen LogP contribution in [-0.4, -0.2) is 16.1 Å². The summed E-state index contributed by atoms with van der Waals surface area (Å²) in [6, 6.07) is 5.23. The Balaban J connectivity index is 2.35. The Morgan fingerprint density at radius 2 is 1.70 bits per heavy atom. The van der Waals surface area contributed by atoms with E-state index >= 15 is 0 Å². The molecule has 0 saturated heterocycles. The Bertz CT molecular complexity index is 668. The van der Waals surface area contributed by atoms with Crippen LogP contribution < -0.4 is 5.32 Å². The van der Waals surface area contributed by atoms with Crippen molar-refractivity contribution in [2.24, 2.45) is 0 Å². The number of carbonyl (C=O) groups excluding carboxylic acids is 1. The van der Waals surface area contributed by atoms with Crippen LogP contribution in [0.1, 0.15) is 10.4 Å². The normalized spacial score (nSPS) is 10.3. The van der Waals surface area contributed by atoms with Gasteiger partial charge in [-0.25, -0.2) is 8.78 Å². The first kappa shape index (κ1) is 14.3. The second-order valence-electron chi connectivity index (χ2n) is 3.90. The number of carbonyl (C=O) groups is 1. The minimum Gasteiger partial charge on any atom is -0.508 e. The molecule has 2 rings (SSSR count). The molecule has 2 aromatic rings. The molecule has 104 valence electrons. The second kappa shape index (κ2) is 5.46. The molecule has 0 saturated carbocycles. The summed E-state index contributed by atoms with van der Waals surface area (Å²) in [5, 5.41) is 20.8. The Labute approximate surface area is 120 Å². The van der Waals surface area contributed by atoms with Crippen molar-refractivity contribution in [3.05, 3.63) is 52.0 Å². The zero-order valence-corrected chi connectivity index (χ0v) is 11.4. The molecule has 20 heavy (non-hydrogen) atoms. The molecule has 0 heterocycles. The van der Waals surface area contributed by atoms with Crippen molar-refractivity contribution in [1.29, 1.82) is 0 Å². The number of rotatable bonds is 2. The molecule has 0 fully saturated rings. The molecule has 0 spiro atoms. The third kappa shape index (κ3) is 2.88. The van der Waals surface area contributed by atoms with Gasteiger partial charge in [0.05, 0.1) is 5.56 Å². The minimum absolute atomic E-state index is 0.186. The number of benzene rings is 2. The number of halogens is 3. The fourth-order valence-corrected chi connectivity index (χ4v) is 1.95. The zero-order valence-electron chi connectivity index (χ0n) is 9.82. The first-order valence-electron chi connectivity index (χ1n) is 5.36. The highest BCUT2D eigenvalue weighted by atomic mass is 79.9. The predicted molar refractivity (Wildman–Crippen MR) is 71.8 cm³/mol. The third-order valence-electron chi connectivity index (χ3n) is 2.47. The van der Waals surface area contributed by atoms with Crippen molar-refractivity contribution >= 4 is 27.5 Å². The Morgan fingerprint density at radius 3 is 2.30 bits per heavy atom. The molecule has 7 heteroatoms. The van der Waals surface area contributed by atoms with Gasteiger partial charge >= 0.3 is 0 Å². The molecule has 0 aliphatic carbocycles. The molecule has 1 amide bonds. The third-order valence-corrected chi connectivity index (χ3v) is 2.93. The van der Waals surface area contributed by atoms with Gasteiger partial charge in [-0.2, -0.15) is 0 Å². The van der Waals surface area contributed by atoms with E-state index in [0.29, 0.717) is 0 Å². The van der Waals surface area contributed by atoms with Gasteiger partial charge in [-0.05, 0) is 30.3 Å². The lowest BCUT2D eigenvalue weighted by molar-refractivity contribution is 0.102. The molecular formula is C13H8BrF2NO3. The first-order chi connectivity index (χ1) is 9.38. The highest BCUT2D eigenvalue weighted by Crippen LogP contribution is 2.27. The molecule has 0 bridgehead atoms. The number of nitrogens with one attached hydrogen (secondary N) is 1. The van der Waals surface area contributed by atoms with Gasteiger partial charge < -0.3 is 15.5 Å². The molecule has 3 N–H and O–H groups in total. The van der Waals surface area contributed by atoms with E-state index in [-0.39, 0.29) is 15.8 Å². The summed E-state index contributed by atoms with van der Waals surface area (Å²) in [6.45, 7) is 0. The van der Waals surface area contributed by atoms with Gasteiger partial charge in [-0.3, -0.25) is 4.79 Å². The number of hydrogen-bond acceptors (Lipinski definition) is 3. The summed E-state index contributed by atoms with van der Waals surface area (Å²) in [5.74, 6) is -3.56. The lowest BCUT2D eigenvalue weighted by atomic mass is 10.1. The predicted octanol–water partition coefficient (Wildman–Crippen LogP) is 3.39. The van der Waals surface area contributed by atoms with Gasteiger partial charge in [-0.15, -0.1) is 0 Å². The van der Waals surface area contributed by atoms with Crippen molar-refractivity contribution in [2.45, 2.75) is 0 Å². The molecule has 2 aromatic carbocycles. The monoisotopic (exact) mass is 343 g/mol. The number of aromatic hydroxyl groups is 2. The number of hydrogen-bond donors (Lipinski definition) is 3. The quantitative estimate of drug-likeness (QED) is 0.732. The van der Waals surface area contributed by atoms with Crippen molar-refractivity contribution in [3.8, 4) is 11.5 Å². The first-order valence-corrected chi connectivity index (χ1v) is 6.15. The summed E-state index contributed by atoms with van der Waals surface area (Å²) < 4.78 is 27.3. The highest BCUT2D eigenvalue weighted by molar-refractivity contribution is 9.10. The second-order valence-corrected chi connectivity index (χ2v) is 4.82. The summed E-state index contributed by atoms with van der Waals surface area (Å²) in [4.78, 5) is 11.8. The fourth-order valence-electron chi connectivity index (χ4n) is 1.55. The Morgan fingerprint density at radius 1 is 1.10 bits per heavy atom. The van der Waals surface area contributed by atoms with E-state index in [0.717, 1.165) is 24.3 Å². The molecule has 0 aliphatic rings. The maximum Gasteiger partial charge on any atom is 0.259 e. The number of phenols is 2. The lowest BCUT2D eigenvalue weighted by Gasteiger charge is -2.09. The average molecular weight is 344 g/mol. The molecule has 0 radical (unpaired) electrons. The van der Waals surface area contributed by atoms with Crippen molar-refractivity contribution in [2.75, 3.05) is 5.32 Å². The largest absolute Gasteiger partial charge is 0.508 e. The van der Waals surface area contributed by atoms with Crippen LogP contribution in [0, 0.1) is 11.6 Å². The van der Waals surface area contributed by atoms with Crippen LogP contribution in [0.5, 0.6) is 11.5 Å². The van der Waals surface area contributed by atoms with Crippen LogP contribution in [0.3, 0.4) is 0 Å². The minimum atomic E-state index is -0.968. The van der Waals surface area contributed by atoms with Gasteiger partial charge in [0, 0.05) is 4.47 Å². The van der Waals surface area contributed by atoms with Crippen LogP contribution in [0.4, 0.5) is 14.5 Å². The lowest BCUT2D eigenvalue weighted by Crippen LogP contribution is -2.14. The van der Waals surface area contributed by atoms with Crippen LogP contribution in [0.25, 0.3) is 0 Å². The molecular weight excluding hydrogens is 336 g/mol. The van der Waals surface area contributed by atoms with Crippen LogP contribution >= 0.6 is 15.9 Å². The van der Waals surface area contributed by atoms with Gasteiger partial charge in [-0.1, -0.05) is 15.9 Å². The fraction of sp³-hybridized carbons (Fsp3) is 0. The molecule has 0 aliphatic heterocycles. The molecule has 0 atom stereocenters. The van der Waals surface area contributed by atoms with Crippen molar-refractivity contribution in [1.82, 2.24) is 0 Å². The van der Waals surface area contributed by atoms with E-state index in [1.165, 1.54) is 6.07 Å². The maximum absolute atomic E-state index is 13.6. The van der Waals surface area contributed by atoms with Gasteiger partial charge in [0.15, 0.2) is 11.6 Å². The average Bonchev–Trinajstić information content (AvgIpc) is 2.36. The van der Waals surface area contributed by atoms with Crippen LogP contribution in [0.2, 0.25) is 0 Å². The van der Waals surface area contributed by atoms with E-state index in [4.69, 9.17) is 0 Å². The zero-order chi connectivity index (χ0) is 14.9.